The summed E-state index contributed by atoms with van der Waals surface area (Å²) in [7, 11) is 0. The fourth-order valence-corrected chi connectivity index (χ4v) is 1.07. The highest BCUT2D eigenvalue weighted by molar-refractivity contribution is 4.65. The molecule has 0 spiro atoms. The summed E-state index contributed by atoms with van der Waals surface area (Å²) in [6.45, 7) is 9.39. The number of rotatable bonds is 0. The molecule has 0 bridgehead atoms. The van der Waals surface area contributed by atoms with Gasteiger partial charge in [-0.1, -0.05) is 20.8 Å². The van der Waals surface area contributed by atoms with Crippen molar-refractivity contribution >= 4 is 0 Å². The molecule has 1 aliphatic heterocycles. The van der Waals surface area contributed by atoms with Gasteiger partial charge in [0.1, 0.15) is 0 Å². The molecule has 62 valence electrons. The smallest absolute Gasteiger partial charge is 0.0572 e. The SMILES string of the molecule is CC.CC1CCCOC1C. The van der Waals surface area contributed by atoms with Crippen LogP contribution in [0, 0.1) is 5.92 Å². The molecule has 1 fully saturated rings. The predicted octanol–water partition coefficient (Wildman–Crippen LogP) is 2.85. The molecule has 1 aliphatic rings. The first-order valence-electron chi connectivity index (χ1n) is 4.42. The zero-order chi connectivity index (χ0) is 7.98. The lowest BCUT2D eigenvalue weighted by Gasteiger charge is -2.25. The zero-order valence-electron chi connectivity index (χ0n) is 7.68. The van der Waals surface area contributed by atoms with Crippen LogP contribution < -0.4 is 0 Å². The van der Waals surface area contributed by atoms with E-state index in [-0.39, 0.29) is 0 Å². The molecule has 1 saturated heterocycles. The quantitative estimate of drug-likeness (QED) is 0.508. The lowest BCUT2D eigenvalue weighted by Crippen LogP contribution is -2.23. The summed E-state index contributed by atoms with van der Waals surface area (Å²) in [5.41, 5.74) is 0. The first-order valence-corrected chi connectivity index (χ1v) is 4.42. The summed E-state index contributed by atoms with van der Waals surface area (Å²) in [5, 5.41) is 0. The van der Waals surface area contributed by atoms with E-state index in [1.807, 2.05) is 13.8 Å². The van der Waals surface area contributed by atoms with Crippen molar-refractivity contribution in [1.82, 2.24) is 0 Å². The number of hydrogen-bond acceptors (Lipinski definition) is 1. The first kappa shape index (κ1) is 9.96. The second kappa shape index (κ2) is 5.72. The van der Waals surface area contributed by atoms with Crippen LogP contribution in [0.15, 0.2) is 0 Å². The highest BCUT2D eigenvalue weighted by atomic mass is 16.5. The van der Waals surface area contributed by atoms with E-state index in [9.17, 15) is 0 Å². The molecule has 0 amide bonds. The molecule has 2 unspecified atom stereocenters. The summed E-state index contributed by atoms with van der Waals surface area (Å²) in [6, 6.07) is 0. The molecule has 0 aromatic carbocycles. The van der Waals surface area contributed by atoms with E-state index in [1.165, 1.54) is 12.8 Å². The van der Waals surface area contributed by atoms with Gasteiger partial charge >= 0.3 is 0 Å². The third-order valence-electron chi connectivity index (χ3n) is 1.99. The summed E-state index contributed by atoms with van der Waals surface area (Å²) >= 11 is 0. The van der Waals surface area contributed by atoms with Crippen LogP contribution in [0.5, 0.6) is 0 Å². The summed E-state index contributed by atoms with van der Waals surface area (Å²) in [5.74, 6) is 0.781. The van der Waals surface area contributed by atoms with Crippen LogP contribution in [0.3, 0.4) is 0 Å². The van der Waals surface area contributed by atoms with E-state index in [0.29, 0.717) is 6.10 Å². The largest absolute Gasteiger partial charge is 0.378 e. The Morgan fingerprint density at radius 1 is 1.20 bits per heavy atom. The van der Waals surface area contributed by atoms with E-state index in [2.05, 4.69) is 13.8 Å². The Hall–Kier alpha value is -0.0400. The molecule has 0 aromatic heterocycles. The molecule has 10 heavy (non-hydrogen) atoms. The molecule has 2 atom stereocenters. The van der Waals surface area contributed by atoms with E-state index in [1.54, 1.807) is 0 Å². The van der Waals surface area contributed by atoms with Crippen LogP contribution in [-0.4, -0.2) is 12.7 Å². The Kier molecular flexibility index (Phi) is 5.70. The minimum absolute atomic E-state index is 0.503. The first-order chi connectivity index (χ1) is 4.80. The van der Waals surface area contributed by atoms with Gasteiger partial charge < -0.3 is 4.74 Å². The molecule has 0 aliphatic carbocycles. The van der Waals surface area contributed by atoms with Crippen molar-refractivity contribution < 1.29 is 4.74 Å². The second-order valence-electron chi connectivity index (χ2n) is 2.70. The molecular weight excluding hydrogens is 124 g/mol. The standard InChI is InChI=1S/C7H14O.C2H6/c1-6-4-3-5-8-7(6)2;1-2/h6-7H,3-5H2,1-2H3;1-2H3. The van der Waals surface area contributed by atoms with Gasteiger partial charge in [0.15, 0.2) is 0 Å². The van der Waals surface area contributed by atoms with Crippen molar-refractivity contribution in [3.05, 3.63) is 0 Å². The van der Waals surface area contributed by atoms with Crippen LogP contribution in [0.2, 0.25) is 0 Å². The van der Waals surface area contributed by atoms with E-state index < -0.39 is 0 Å². The lowest BCUT2D eigenvalue weighted by molar-refractivity contribution is -0.00789. The van der Waals surface area contributed by atoms with Gasteiger partial charge in [0.25, 0.3) is 0 Å². The maximum atomic E-state index is 5.39. The van der Waals surface area contributed by atoms with Crippen LogP contribution in [0.25, 0.3) is 0 Å². The minimum Gasteiger partial charge on any atom is -0.378 e. The van der Waals surface area contributed by atoms with Crippen LogP contribution in [-0.2, 0) is 4.74 Å². The van der Waals surface area contributed by atoms with Crippen molar-refractivity contribution in [3.8, 4) is 0 Å². The van der Waals surface area contributed by atoms with Crippen LogP contribution >= 0.6 is 0 Å². The Balaban J connectivity index is 0.000000371. The maximum Gasteiger partial charge on any atom is 0.0572 e. The van der Waals surface area contributed by atoms with Gasteiger partial charge in [-0.15, -0.1) is 0 Å². The summed E-state index contributed by atoms with van der Waals surface area (Å²) in [4.78, 5) is 0. The second-order valence-corrected chi connectivity index (χ2v) is 2.70. The summed E-state index contributed by atoms with van der Waals surface area (Å²) in [6.07, 6.45) is 3.11. The Bertz CT molecular complexity index is 61.1. The van der Waals surface area contributed by atoms with Crippen molar-refractivity contribution in [2.75, 3.05) is 6.61 Å². The van der Waals surface area contributed by atoms with Gasteiger partial charge in [-0.05, 0) is 25.7 Å². The molecule has 0 aromatic rings. The normalized spacial score (nSPS) is 32.4. The third-order valence-corrected chi connectivity index (χ3v) is 1.99. The fraction of sp³-hybridized carbons (Fsp3) is 1.00. The Morgan fingerprint density at radius 2 is 1.80 bits per heavy atom. The maximum absolute atomic E-state index is 5.39. The van der Waals surface area contributed by atoms with E-state index in [4.69, 9.17) is 4.74 Å². The molecule has 0 saturated carbocycles. The Labute approximate surface area is 64.8 Å². The van der Waals surface area contributed by atoms with Gasteiger partial charge in [-0.2, -0.15) is 0 Å². The van der Waals surface area contributed by atoms with Crippen LogP contribution in [0.4, 0.5) is 0 Å². The zero-order valence-corrected chi connectivity index (χ0v) is 7.68. The molecule has 0 radical (unpaired) electrons. The molecule has 1 nitrogen and oxygen atoms in total. The van der Waals surface area contributed by atoms with E-state index >= 15 is 0 Å². The highest BCUT2D eigenvalue weighted by Crippen LogP contribution is 2.18. The molecule has 1 rings (SSSR count). The average molecular weight is 144 g/mol. The molecular formula is C9H20O. The average Bonchev–Trinajstić information content (AvgIpc) is 2.00. The topological polar surface area (TPSA) is 9.23 Å². The van der Waals surface area contributed by atoms with Crippen molar-refractivity contribution in [1.29, 1.82) is 0 Å². The third kappa shape index (κ3) is 3.21. The number of hydrogen-bond donors (Lipinski definition) is 0. The minimum atomic E-state index is 0.503. The monoisotopic (exact) mass is 144 g/mol. The molecule has 1 heteroatoms. The van der Waals surface area contributed by atoms with Crippen molar-refractivity contribution in [2.24, 2.45) is 5.92 Å². The molecule has 0 N–H and O–H groups in total. The predicted molar refractivity (Wildman–Crippen MR) is 45.2 cm³/mol. The van der Waals surface area contributed by atoms with Gasteiger partial charge in [0.05, 0.1) is 6.10 Å². The highest BCUT2D eigenvalue weighted by Gasteiger charge is 2.16. The molecule has 1 heterocycles. The van der Waals surface area contributed by atoms with Crippen molar-refractivity contribution in [2.45, 2.75) is 46.6 Å². The van der Waals surface area contributed by atoms with Gasteiger partial charge in [-0.3, -0.25) is 0 Å². The van der Waals surface area contributed by atoms with Gasteiger partial charge in [-0.25, -0.2) is 0 Å². The van der Waals surface area contributed by atoms with Crippen molar-refractivity contribution in [3.63, 3.8) is 0 Å². The Morgan fingerprint density at radius 3 is 2.10 bits per heavy atom. The fourth-order valence-electron chi connectivity index (χ4n) is 1.07. The van der Waals surface area contributed by atoms with Gasteiger partial charge in [0.2, 0.25) is 0 Å². The van der Waals surface area contributed by atoms with Gasteiger partial charge in [0, 0.05) is 6.61 Å². The van der Waals surface area contributed by atoms with E-state index in [0.717, 1.165) is 12.5 Å². The lowest BCUT2D eigenvalue weighted by atomic mass is 9.98. The number of ether oxygens (including phenoxy) is 1. The van der Waals surface area contributed by atoms with Crippen LogP contribution in [0.1, 0.15) is 40.5 Å². The summed E-state index contributed by atoms with van der Waals surface area (Å²) < 4.78 is 5.39.